The zero-order chi connectivity index (χ0) is 17.1. The number of fused-ring (bicyclic) bond motifs is 1. The standard InChI is InChI=1S/C16H18BrN5O2/c1-3-4-8-24-15(23)13-10(2)18-16-19-20-21-22(16)14(13)11-6-5-7-12(17)9-11/h5-7,9,14H,3-4,8H2,1-2H3,(H,18,19,21). The Bertz CT molecular complexity index is 786. The van der Waals surface area contributed by atoms with Gasteiger partial charge in [-0.25, -0.2) is 4.79 Å². The van der Waals surface area contributed by atoms with Gasteiger partial charge >= 0.3 is 5.97 Å². The normalized spacial score (nSPS) is 16.5. The van der Waals surface area contributed by atoms with E-state index in [1.165, 1.54) is 0 Å². The molecular weight excluding hydrogens is 374 g/mol. The summed E-state index contributed by atoms with van der Waals surface area (Å²) in [7, 11) is 0. The second-order valence-electron chi connectivity index (χ2n) is 5.56. The number of aromatic nitrogens is 4. The Morgan fingerprint density at radius 1 is 1.46 bits per heavy atom. The Labute approximate surface area is 148 Å². The first-order valence-electron chi connectivity index (χ1n) is 7.80. The third-order valence-electron chi connectivity index (χ3n) is 3.83. The van der Waals surface area contributed by atoms with Crippen molar-refractivity contribution in [2.75, 3.05) is 11.9 Å². The van der Waals surface area contributed by atoms with Crippen molar-refractivity contribution in [3.05, 3.63) is 45.6 Å². The van der Waals surface area contributed by atoms with E-state index in [1.807, 2.05) is 31.2 Å². The average Bonchev–Trinajstić information content (AvgIpc) is 3.01. The van der Waals surface area contributed by atoms with E-state index in [1.54, 1.807) is 4.68 Å². The first-order chi connectivity index (χ1) is 11.6. The molecule has 0 saturated carbocycles. The zero-order valence-electron chi connectivity index (χ0n) is 13.5. The Balaban J connectivity index is 2.02. The highest BCUT2D eigenvalue weighted by molar-refractivity contribution is 9.10. The van der Waals surface area contributed by atoms with Gasteiger partial charge in [0.05, 0.1) is 12.2 Å². The van der Waals surface area contributed by atoms with Crippen molar-refractivity contribution < 1.29 is 9.53 Å². The summed E-state index contributed by atoms with van der Waals surface area (Å²) in [5.41, 5.74) is 2.12. The van der Waals surface area contributed by atoms with E-state index >= 15 is 0 Å². The summed E-state index contributed by atoms with van der Waals surface area (Å²) in [4.78, 5) is 12.7. The van der Waals surface area contributed by atoms with Crippen LogP contribution in [0, 0.1) is 0 Å². The molecule has 3 rings (SSSR count). The van der Waals surface area contributed by atoms with Gasteiger partial charge in [0.15, 0.2) is 0 Å². The molecule has 0 radical (unpaired) electrons. The molecule has 1 aliphatic rings. The predicted molar refractivity (Wildman–Crippen MR) is 92.3 cm³/mol. The minimum absolute atomic E-state index is 0.348. The largest absolute Gasteiger partial charge is 0.462 e. The van der Waals surface area contributed by atoms with Crippen molar-refractivity contribution >= 4 is 27.8 Å². The molecule has 1 N–H and O–H groups in total. The highest BCUT2D eigenvalue weighted by atomic mass is 79.9. The molecule has 0 aliphatic carbocycles. The number of anilines is 1. The van der Waals surface area contributed by atoms with Crippen molar-refractivity contribution in [1.82, 2.24) is 20.2 Å². The fraction of sp³-hybridized carbons (Fsp3) is 0.375. The van der Waals surface area contributed by atoms with Crippen LogP contribution in [-0.4, -0.2) is 32.8 Å². The lowest BCUT2D eigenvalue weighted by Gasteiger charge is -2.27. The Morgan fingerprint density at radius 3 is 3.04 bits per heavy atom. The van der Waals surface area contributed by atoms with Gasteiger partial charge in [-0.1, -0.05) is 46.5 Å². The number of ether oxygens (including phenoxy) is 1. The lowest BCUT2D eigenvalue weighted by atomic mass is 9.96. The number of halogens is 1. The van der Waals surface area contributed by atoms with E-state index in [2.05, 4.69) is 43.7 Å². The maximum Gasteiger partial charge on any atom is 0.338 e. The lowest BCUT2D eigenvalue weighted by molar-refractivity contribution is -0.139. The summed E-state index contributed by atoms with van der Waals surface area (Å²) in [5, 5.41) is 14.8. The summed E-state index contributed by atoms with van der Waals surface area (Å²) in [6.45, 7) is 4.29. The van der Waals surface area contributed by atoms with E-state index in [4.69, 9.17) is 4.74 Å². The van der Waals surface area contributed by atoms with E-state index in [-0.39, 0.29) is 5.97 Å². The molecule has 1 aliphatic heterocycles. The van der Waals surface area contributed by atoms with Crippen LogP contribution in [0.3, 0.4) is 0 Å². The molecule has 2 heterocycles. The van der Waals surface area contributed by atoms with Crippen LogP contribution in [0.1, 0.15) is 38.3 Å². The summed E-state index contributed by atoms with van der Waals surface area (Å²) in [6, 6.07) is 7.32. The molecule has 0 spiro atoms. The highest BCUT2D eigenvalue weighted by Gasteiger charge is 2.34. The molecule has 126 valence electrons. The highest BCUT2D eigenvalue weighted by Crippen LogP contribution is 2.35. The number of nitrogens with one attached hydrogen (secondary N) is 1. The van der Waals surface area contributed by atoms with E-state index in [0.29, 0.717) is 23.8 Å². The van der Waals surface area contributed by atoms with Crippen LogP contribution in [-0.2, 0) is 9.53 Å². The monoisotopic (exact) mass is 391 g/mol. The summed E-state index contributed by atoms with van der Waals surface area (Å²) in [6.07, 6.45) is 1.80. The number of benzene rings is 1. The number of carbonyl (C=O) groups is 1. The topological polar surface area (TPSA) is 81.9 Å². The Morgan fingerprint density at radius 2 is 2.29 bits per heavy atom. The van der Waals surface area contributed by atoms with E-state index < -0.39 is 6.04 Å². The summed E-state index contributed by atoms with van der Waals surface area (Å²) < 4.78 is 7.96. The Kier molecular flexibility index (Phi) is 4.94. The van der Waals surface area contributed by atoms with Crippen LogP contribution in [0.5, 0.6) is 0 Å². The fourth-order valence-electron chi connectivity index (χ4n) is 2.65. The minimum Gasteiger partial charge on any atom is -0.462 e. The molecule has 0 bridgehead atoms. The van der Waals surface area contributed by atoms with Gasteiger partial charge in [-0.2, -0.15) is 4.68 Å². The average molecular weight is 392 g/mol. The molecule has 0 amide bonds. The third-order valence-corrected chi connectivity index (χ3v) is 4.32. The maximum absolute atomic E-state index is 12.7. The first kappa shape index (κ1) is 16.6. The predicted octanol–water partition coefficient (Wildman–Crippen LogP) is 3.07. The molecular formula is C16H18BrN5O2. The lowest BCUT2D eigenvalue weighted by Crippen LogP contribution is -2.29. The van der Waals surface area contributed by atoms with Gasteiger partial charge < -0.3 is 10.1 Å². The number of rotatable bonds is 5. The van der Waals surface area contributed by atoms with Gasteiger partial charge in [-0.3, -0.25) is 0 Å². The molecule has 0 saturated heterocycles. The number of allylic oxidation sites excluding steroid dienone is 1. The molecule has 1 unspecified atom stereocenters. The molecule has 8 heteroatoms. The number of nitrogens with zero attached hydrogens (tertiary/aromatic N) is 4. The molecule has 1 aromatic carbocycles. The van der Waals surface area contributed by atoms with Crippen LogP contribution >= 0.6 is 15.9 Å². The number of hydrogen-bond acceptors (Lipinski definition) is 6. The van der Waals surface area contributed by atoms with Gasteiger partial charge in [0, 0.05) is 10.2 Å². The van der Waals surface area contributed by atoms with Crippen molar-refractivity contribution in [3.63, 3.8) is 0 Å². The van der Waals surface area contributed by atoms with E-state index in [0.717, 1.165) is 22.9 Å². The molecule has 2 aromatic rings. The van der Waals surface area contributed by atoms with Crippen LogP contribution in [0.2, 0.25) is 0 Å². The zero-order valence-corrected chi connectivity index (χ0v) is 15.1. The third kappa shape index (κ3) is 3.19. The van der Waals surface area contributed by atoms with Crippen LogP contribution in [0.15, 0.2) is 40.0 Å². The van der Waals surface area contributed by atoms with Crippen LogP contribution in [0.25, 0.3) is 0 Å². The van der Waals surface area contributed by atoms with Crippen molar-refractivity contribution in [1.29, 1.82) is 0 Å². The fourth-order valence-corrected chi connectivity index (χ4v) is 3.07. The smallest absolute Gasteiger partial charge is 0.338 e. The van der Waals surface area contributed by atoms with Gasteiger partial charge in [-0.05, 0) is 41.5 Å². The first-order valence-corrected chi connectivity index (χ1v) is 8.59. The minimum atomic E-state index is -0.428. The molecule has 7 nitrogen and oxygen atoms in total. The maximum atomic E-state index is 12.7. The number of unbranched alkanes of at least 4 members (excludes halogenated alkanes) is 1. The van der Waals surface area contributed by atoms with Crippen molar-refractivity contribution in [2.45, 2.75) is 32.7 Å². The second kappa shape index (κ2) is 7.12. The van der Waals surface area contributed by atoms with Crippen molar-refractivity contribution in [3.8, 4) is 0 Å². The quantitative estimate of drug-likeness (QED) is 0.622. The Hall–Kier alpha value is -2.22. The van der Waals surface area contributed by atoms with Crippen LogP contribution in [0.4, 0.5) is 5.95 Å². The molecule has 0 fully saturated rings. The van der Waals surface area contributed by atoms with Crippen LogP contribution < -0.4 is 5.32 Å². The molecule has 1 atom stereocenters. The van der Waals surface area contributed by atoms with Gasteiger partial charge in [0.1, 0.15) is 6.04 Å². The number of esters is 1. The number of tetrazole rings is 1. The molecule has 1 aromatic heterocycles. The van der Waals surface area contributed by atoms with E-state index in [9.17, 15) is 4.79 Å². The molecule has 24 heavy (non-hydrogen) atoms. The summed E-state index contributed by atoms with van der Waals surface area (Å²) >= 11 is 3.47. The summed E-state index contributed by atoms with van der Waals surface area (Å²) in [5.74, 6) is 0.155. The van der Waals surface area contributed by atoms with Gasteiger partial charge in [-0.15, -0.1) is 0 Å². The number of hydrogen-bond donors (Lipinski definition) is 1. The van der Waals surface area contributed by atoms with Gasteiger partial charge in [0.2, 0.25) is 5.95 Å². The van der Waals surface area contributed by atoms with Crippen molar-refractivity contribution in [2.24, 2.45) is 0 Å². The number of carbonyl (C=O) groups excluding carboxylic acids is 1. The SMILES string of the molecule is CCCCOC(=O)C1=C(C)Nc2nnnn2C1c1cccc(Br)c1. The second-order valence-corrected chi connectivity index (χ2v) is 6.47. The van der Waals surface area contributed by atoms with Gasteiger partial charge in [0.25, 0.3) is 0 Å².